The minimum atomic E-state index is -3.11. The minimum Gasteiger partial charge on any atom is -0.376 e. The average molecular weight is 199 g/mol. The zero-order valence-corrected chi connectivity index (χ0v) is 7.17. The number of nitrogens with two attached hydrogens (primary N) is 1. The van der Waals surface area contributed by atoms with Crippen molar-refractivity contribution in [2.75, 3.05) is 13.2 Å². The topological polar surface area (TPSA) is 52.3 Å². The lowest BCUT2D eigenvalue weighted by molar-refractivity contribution is -0.112. The van der Waals surface area contributed by atoms with Gasteiger partial charge >= 0.3 is 0 Å². The number of ether oxygens (including phenoxy) is 1. The van der Waals surface area contributed by atoms with E-state index in [0.29, 0.717) is 6.29 Å². The van der Waals surface area contributed by atoms with Gasteiger partial charge in [0.2, 0.25) is 0 Å². The van der Waals surface area contributed by atoms with Crippen LogP contribution in [0.1, 0.15) is 6.92 Å². The second-order valence-corrected chi connectivity index (χ2v) is 2.89. The molecule has 0 fully saturated rings. The molecule has 0 radical (unpaired) electrons. The van der Waals surface area contributed by atoms with Crippen LogP contribution in [0.25, 0.3) is 0 Å². The highest BCUT2D eigenvalue weighted by Gasteiger charge is 2.35. The van der Waals surface area contributed by atoms with E-state index in [-0.39, 0.29) is 6.61 Å². The maximum atomic E-state index is 12.8. The Kier molecular flexibility index (Phi) is 4.94. The first kappa shape index (κ1) is 12.4. The highest BCUT2D eigenvalue weighted by atomic mass is 19.3. The van der Waals surface area contributed by atoms with Gasteiger partial charge in [0.05, 0.1) is 19.3 Å². The summed E-state index contributed by atoms with van der Waals surface area (Å²) in [6.07, 6.45) is -2.71. The van der Waals surface area contributed by atoms with Crippen LogP contribution in [0.2, 0.25) is 0 Å². The van der Waals surface area contributed by atoms with Gasteiger partial charge in [-0.1, -0.05) is 0 Å². The summed E-state index contributed by atoms with van der Waals surface area (Å²) >= 11 is 0. The summed E-state index contributed by atoms with van der Waals surface area (Å²) in [4.78, 5) is 9.95. The van der Waals surface area contributed by atoms with Crippen molar-refractivity contribution in [1.82, 2.24) is 0 Å². The largest absolute Gasteiger partial charge is 0.376 e. The fraction of sp³-hybridized carbons (Fsp3) is 0.857. The second kappa shape index (κ2) is 5.18. The molecule has 13 heavy (non-hydrogen) atoms. The van der Waals surface area contributed by atoms with Gasteiger partial charge in [0, 0.05) is 0 Å². The lowest BCUT2D eigenvalue weighted by Crippen LogP contribution is -2.36. The van der Waals surface area contributed by atoms with Crippen molar-refractivity contribution in [3.8, 4) is 0 Å². The Morgan fingerprint density at radius 1 is 1.62 bits per heavy atom. The number of hydrogen-bond donors (Lipinski definition) is 1. The lowest BCUT2D eigenvalue weighted by atomic mass is 10.1. The van der Waals surface area contributed by atoms with E-state index in [9.17, 15) is 18.0 Å². The van der Waals surface area contributed by atoms with E-state index in [1.54, 1.807) is 0 Å². The first-order chi connectivity index (χ1) is 5.90. The molecule has 0 amide bonds. The monoisotopic (exact) mass is 199 g/mol. The van der Waals surface area contributed by atoms with E-state index >= 15 is 0 Å². The van der Waals surface area contributed by atoms with E-state index < -0.39 is 24.7 Å². The molecule has 0 heterocycles. The highest BCUT2D eigenvalue weighted by Crippen LogP contribution is 2.20. The van der Waals surface area contributed by atoms with E-state index in [0.717, 1.165) is 6.92 Å². The van der Waals surface area contributed by atoms with Gasteiger partial charge in [-0.25, -0.2) is 13.2 Å². The van der Waals surface area contributed by atoms with Gasteiger partial charge in [-0.2, -0.15) is 0 Å². The molecule has 2 N–H and O–H groups in total. The van der Waals surface area contributed by atoms with Crippen molar-refractivity contribution in [2.24, 2.45) is 5.73 Å². The van der Waals surface area contributed by atoms with E-state index in [2.05, 4.69) is 4.74 Å². The molecule has 3 nitrogen and oxygen atoms in total. The number of rotatable bonds is 6. The maximum absolute atomic E-state index is 12.8. The number of alkyl halides is 3. The Bertz CT molecular complexity index is 164. The first-order valence-electron chi connectivity index (χ1n) is 3.66. The summed E-state index contributed by atoms with van der Waals surface area (Å²) in [6.45, 7) is -0.300. The molecule has 0 aliphatic heterocycles. The van der Waals surface area contributed by atoms with E-state index in [1.165, 1.54) is 0 Å². The third kappa shape index (κ3) is 4.84. The normalized spacial score (nSPS) is 18.3. The van der Waals surface area contributed by atoms with Crippen LogP contribution in [-0.2, 0) is 9.53 Å². The van der Waals surface area contributed by atoms with Gasteiger partial charge in [0.1, 0.15) is 6.29 Å². The van der Waals surface area contributed by atoms with Gasteiger partial charge in [-0.3, -0.25) is 0 Å². The molecule has 0 aromatic rings. The first-order valence-corrected chi connectivity index (χ1v) is 3.66. The predicted octanol–water partition coefficient (Wildman–Crippen LogP) is 0.523. The van der Waals surface area contributed by atoms with E-state index in [4.69, 9.17) is 5.73 Å². The summed E-state index contributed by atoms with van der Waals surface area (Å²) < 4.78 is 41.0. The molecule has 0 saturated carbocycles. The third-order valence-electron chi connectivity index (χ3n) is 1.32. The number of carbonyl (C=O) groups is 1. The predicted molar refractivity (Wildman–Crippen MR) is 40.4 cm³/mol. The van der Waals surface area contributed by atoms with E-state index in [1.807, 2.05) is 0 Å². The Hall–Kier alpha value is -0.620. The summed E-state index contributed by atoms with van der Waals surface area (Å²) in [7, 11) is 0. The number of carbonyl (C=O) groups excluding carboxylic acids is 1. The summed E-state index contributed by atoms with van der Waals surface area (Å²) in [5.74, 6) is 0. The van der Waals surface area contributed by atoms with Crippen molar-refractivity contribution in [2.45, 2.75) is 25.1 Å². The molecule has 1 unspecified atom stereocenters. The molecular formula is C7H12F3NO2. The summed E-state index contributed by atoms with van der Waals surface area (Å²) in [5.41, 5.74) is 2.38. The van der Waals surface area contributed by atoms with Crippen LogP contribution >= 0.6 is 0 Å². The van der Waals surface area contributed by atoms with Crippen molar-refractivity contribution >= 4 is 6.29 Å². The van der Waals surface area contributed by atoms with Crippen LogP contribution in [0.4, 0.5) is 13.2 Å². The summed E-state index contributed by atoms with van der Waals surface area (Å²) in [5, 5.41) is 0. The molecule has 0 spiro atoms. The Balaban J connectivity index is 3.69. The Morgan fingerprint density at radius 3 is 2.54 bits per heavy atom. The van der Waals surface area contributed by atoms with Crippen molar-refractivity contribution < 1.29 is 22.7 Å². The van der Waals surface area contributed by atoms with Crippen LogP contribution in [0.5, 0.6) is 0 Å². The molecule has 0 rings (SSSR count). The molecular weight excluding hydrogens is 187 g/mol. The Labute approximate surface area is 74.0 Å². The fourth-order valence-corrected chi connectivity index (χ4v) is 0.497. The zero-order valence-electron chi connectivity index (χ0n) is 7.17. The molecule has 78 valence electrons. The van der Waals surface area contributed by atoms with Crippen molar-refractivity contribution in [3.05, 3.63) is 0 Å². The van der Waals surface area contributed by atoms with Gasteiger partial charge in [0.25, 0.3) is 6.43 Å². The summed E-state index contributed by atoms with van der Waals surface area (Å²) in [6, 6.07) is -0.895. The molecule has 6 heteroatoms. The quantitative estimate of drug-likeness (QED) is 0.634. The highest BCUT2D eigenvalue weighted by molar-refractivity contribution is 5.57. The van der Waals surface area contributed by atoms with Crippen LogP contribution in [0.3, 0.4) is 0 Å². The average Bonchev–Trinajstić information content (AvgIpc) is 2.03. The molecule has 2 atom stereocenters. The second-order valence-electron chi connectivity index (χ2n) is 2.89. The van der Waals surface area contributed by atoms with Gasteiger partial charge < -0.3 is 15.3 Å². The SMILES string of the molecule is CC(F)(COC[C@H](N)C=O)C(F)F. The standard InChI is InChI=1S/C7H12F3NO2/c1-7(10,6(8)9)4-13-3-5(11)2-12/h2,5-6H,3-4,11H2,1H3/t5-,7?/m1/s1. The van der Waals surface area contributed by atoms with Crippen LogP contribution in [0, 0.1) is 0 Å². The van der Waals surface area contributed by atoms with Crippen molar-refractivity contribution in [1.29, 1.82) is 0 Å². The molecule has 0 saturated heterocycles. The van der Waals surface area contributed by atoms with Crippen molar-refractivity contribution in [3.63, 3.8) is 0 Å². The zero-order chi connectivity index (χ0) is 10.5. The number of aldehydes is 1. The fourth-order valence-electron chi connectivity index (χ4n) is 0.497. The Morgan fingerprint density at radius 2 is 2.15 bits per heavy atom. The van der Waals surface area contributed by atoms with Crippen LogP contribution in [0.15, 0.2) is 0 Å². The lowest BCUT2D eigenvalue weighted by Gasteiger charge is -2.19. The van der Waals surface area contributed by atoms with Crippen LogP contribution in [-0.4, -0.2) is 37.6 Å². The van der Waals surface area contributed by atoms with Gasteiger partial charge in [0.15, 0.2) is 5.67 Å². The van der Waals surface area contributed by atoms with Gasteiger partial charge in [-0.05, 0) is 6.92 Å². The van der Waals surface area contributed by atoms with Gasteiger partial charge in [-0.15, -0.1) is 0 Å². The molecule has 0 bridgehead atoms. The smallest absolute Gasteiger partial charge is 0.274 e. The molecule has 0 aromatic heterocycles. The third-order valence-corrected chi connectivity index (χ3v) is 1.32. The number of hydrogen-bond acceptors (Lipinski definition) is 3. The van der Waals surface area contributed by atoms with Crippen LogP contribution < -0.4 is 5.73 Å². The minimum absolute atomic E-state index is 0.254. The molecule has 0 aliphatic rings. The number of halogens is 3. The maximum Gasteiger partial charge on any atom is 0.274 e. The molecule has 0 aliphatic carbocycles. The molecule has 0 aromatic carbocycles.